The van der Waals surface area contributed by atoms with Gasteiger partial charge < -0.3 is 10.1 Å². The molecule has 1 N–H and O–H groups in total. The van der Waals surface area contributed by atoms with Crippen molar-refractivity contribution in [3.05, 3.63) is 22.2 Å². The predicted octanol–water partition coefficient (Wildman–Crippen LogP) is 1.94. The van der Waals surface area contributed by atoms with Crippen molar-refractivity contribution in [3.8, 4) is 11.8 Å². The Balaban J connectivity index is 2.87. The standard InChI is InChI=1S/C10H7Cl3N2O4S/c11-9-6(19-5-8(16)15-4-3-14)1-2-7(10(9)12)20(13,17)18/h1-2H,4-5H2,(H,15,16). The summed E-state index contributed by atoms with van der Waals surface area (Å²) in [5.41, 5.74) is 0. The molecule has 0 unspecified atom stereocenters. The highest BCUT2D eigenvalue weighted by Crippen LogP contribution is 2.37. The number of ether oxygens (including phenoxy) is 1. The number of carbonyl (C=O) groups is 1. The summed E-state index contributed by atoms with van der Waals surface area (Å²) in [6.45, 7) is -0.551. The Morgan fingerprint density at radius 1 is 1.35 bits per heavy atom. The summed E-state index contributed by atoms with van der Waals surface area (Å²) in [5.74, 6) is -0.513. The zero-order valence-corrected chi connectivity index (χ0v) is 12.8. The van der Waals surface area contributed by atoms with Gasteiger partial charge in [-0.25, -0.2) is 8.42 Å². The van der Waals surface area contributed by atoms with Gasteiger partial charge in [-0.15, -0.1) is 0 Å². The van der Waals surface area contributed by atoms with Crippen molar-refractivity contribution in [2.45, 2.75) is 4.90 Å². The number of amides is 1. The van der Waals surface area contributed by atoms with Gasteiger partial charge in [-0.1, -0.05) is 23.2 Å². The highest BCUT2D eigenvalue weighted by molar-refractivity contribution is 8.13. The number of hydrogen-bond donors (Lipinski definition) is 1. The van der Waals surface area contributed by atoms with E-state index in [1.165, 1.54) is 6.07 Å². The zero-order valence-electron chi connectivity index (χ0n) is 9.69. The minimum Gasteiger partial charge on any atom is -0.482 e. The Morgan fingerprint density at radius 2 is 2.00 bits per heavy atom. The topological polar surface area (TPSA) is 96.3 Å². The van der Waals surface area contributed by atoms with Crippen LogP contribution in [0.25, 0.3) is 0 Å². The molecule has 1 aromatic rings. The van der Waals surface area contributed by atoms with Gasteiger partial charge in [-0.2, -0.15) is 5.26 Å². The van der Waals surface area contributed by atoms with Gasteiger partial charge in [0.05, 0.1) is 11.1 Å². The highest BCUT2D eigenvalue weighted by Gasteiger charge is 2.20. The zero-order chi connectivity index (χ0) is 15.3. The summed E-state index contributed by atoms with van der Waals surface area (Å²) in [6.07, 6.45) is 0. The Kier molecular flexibility index (Phi) is 5.89. The number of nitriles is 1. The molecule has 0 spiro atoms. The highest BCUT2D eigenvalue weighted by atomic mass is 35.7. The van der Waals surface area contributed by atoms with Crippen LogP contribution < -0.4 is 10.1 Å². The van der Waals surface area contributed by atoms with Crippen LogP contribution in [0.5, 0.6) is 5.75 Å². The van der Waals surface area contributed by atoms with Gasteiger partial charge in [0.15, 0.2) is 6.61 Å². The maximum atomic E-state index is 11.2. The van der Waals surface area contributed by atoms with Gasteiger partial charge in [0.1, 0.15) is 22.2 Å². The molecule has 0 aliphatic carbocycles. The Hall–Kier alpha value is -1.20. The summed E-state index contributed by atoms with van der Waals surface area (Å²) in [7, 11) is 1.14. The Bertz CT molecular complexity index is 670. The molecule has 0 aliphatic heterocycles. The first kappa shape index (κ1) is 16.9. The summed E-state index contributed by atoms with van der Waals surface area (Å²) in [5, 5.41) is 10.1. The van der Waals surface area contributed by atoms with Gasteiger partial charge in [-0.3, -0.25) is 4.79 Å². The molecule has 6 nitrogen and oxygen atoms in total. The average molecular weight is 358 g/mol. The molecule has 1 amide bonds. The smallest absolute Gasteiger partial charge is 0.262 e. The lowest BCUT2D eigenvalue weighted by Gasteiger charge is -2.10. The molecule has 0 bridgehead atoms. The number of hydrogen-bond acceptors (Lipinski definition) is 5. The fourth-order valence-corrected chi connectivity index (χ4v) is 2.93. The molecule has 0 radical (unpaired) electrons. The van der Waals surface area contributed by atoms with E-state index in [1.54, 1.807) is 6.07 Å². The number of nitrogens with zero attached hydrogens (tertiary/aromatic N) is 1. The van der Waals surface area contributed by atoms with E-state index in [9.17, 15) is 13.2 Å². The van der Waals surface area contributed by atoms with Crippen LogP contribution in [0.3, 0.4) is 0 Å². The van der Waals surface area contributed by atoms with Crippen LogP contribution in [0, 0.1) is 11.3 Å². The molecule has 10 heteroatoms. The van der Waals surface area contributed by atoms with Crippen LogP contribution in [-0.4, -0.2) is 27.5 Å². The molecule has 0 saturated heterocycles. The monoisotopic (exact) mass is 356 g/mol. The van der Waals surface area contributed by atoms with E-state index in [1.807, 2.05) is 0 Å². The Morgan fingerprint density at radius 3 is 2.55 bits per heavy atom. The van der Waals surface area contributed by atoms with E-state index in [-0.39, 0.29) is 27.2 Å². The van der Waals surface area contributed by atoms with Crippen LogP contribution in [0.1, 0.15) is 0 Å². The molecular formula is C10H7Cl3N2O4S. The second-order valence-corrected chi connectivity index (χ2v) is 6.64. The summed E-state index contributed by atoms with van der Waals surface area (Å²) in [4.78, 5) is 10.9. The SMILES string of the molecule is N#CCNC(=O)COc1ccc(S(=O)(=O)Cl)c(Cl)c1Cl. The second-order valence-electron chi connectivity index (χ2n) is 3.35. The minimum absolute atomic E-state index is 0.0211. The molecule has 0 saturated carbocycles. The van der Waals surface area contributed by atoms with E-state index >= 15 is 0 Å². The Labute approximate surface area is 129 Å². The lowest BCUT2D eigenvalue weighted by Crippen LogP contribution is -2.29. The van der Waals surface area contributed by atoms with Crippen molar-refractivity contribution in [2.24, 2.45) is 0 Å². The third-order valence-electron chi connectivity index (χ3n) is 2.00. The van der Waals surface area contributed by atoms with Crippen LogP contribution >= 0.6 is 33.9 Å². The normalized spacial score (nSPS) is 10.7. The van der Waals surface area contributed by atoms with Gasteiger partial charge in [0.2, 0.25) is 0 Å². The maximum absolute atomic E-state index is 11.2. The molecule has 0 aromatic heterocycles. The lowest BCUT2D eigenvalue weighted by molar-refractivity contribution is -0.122. The van der Waals surface area contributed by atoms with E-state index in [0.717, 1.165) is 6.07 Å². The van der Waals surface area contributed by atoms with Crippen LogP contribution in [0.4, 0.5) is 0 Å². The third kappa shape index (κ3) is 4.42. The van der Waals surface area contributed by atoms with Crippen molar-refractivity contribution in [2.75, 3.05) is 13.2 Å². The van der Waals surface area contributed by atoms with E-state index in [0.29, 0.717) is 0 Å². The predicted molar refractivity (Wildman–Crippen MR) is 73.6 cm³/mol. The third-order valence-corrected chi connectivity index (χ3v) is 4.34. The molecule has 0 fully saturated rings. The van der Waals surface area contributed by atoms with E-state index in [2.05, 4.69) is 5.32 Å². The van der Waals surface area contributed by atoms with Crippen molar-refractivity contribution >= 4 is 48.8 Å². The first-order valence-electron chi connectivity index (χ1n) is 4.96. The minimum atomic E-state index is -4.03. The van der Waals surface area contributed by atoms with E-state index < -0.39 is 21.6 Å². The largest absolute Gasteiger partial charge is 0.482 e. The molecule has 0 aliphatic rings. The fraction of sp³-hybridized carbons (Fsp3) is 0.200. The lowest BCUT2D eigenvalue weighted by atomic mass is 10.3. The molecule has 0 atom stereocenters. The summed E-state index contributed by atoms with van der Waals surface area (Å²) < 4.78 is 27.4. The average Bonchev–Trinajstić information content (AvgIpc) is 2.36. The fourth-order valence-electron chi connectivity index (χ4n) is 1.15. The second kappa shape index (κ2) is 6.99. The van der Waals surface area contributed by atoms with Crippen LogP contribution in [-0.2, 0) is 13.8 Å². The van der Waals surface area contributed by atoms with Gasteiger partial charge in [0.25, 0.3) is 15.0 Å². The van der Waals surface area contributed by atoms with Gasteiger partial charge in [-0.05, 0) is 12.1 Å². The number of benzene rings is 1. The van der Waals surface area contributed by atoms with Crippen molar-refractivity contribution in [3.63, 3.8) is 0 Å². The quantitative estimate of drug-likeness (QED) is 0.641. The first-order valence-corrected chi connectivity index (χ1v) is 8.03. The molecule has 0 heterocycles. The van der Waals surface area contributed by atoms with Crippen molar-refractivity contribution in [1.82, 2.24) is 5.32 Å². The molecule has 20 heavy (non-hydrogen) atoms. The number of carbonyl (C=O) groups excluding carboxylic acids is 1. The van der Waals surface area contributed by atoms with Crippen LogP contribution in [0.15, 0.2) is 17.0 Å². The summed E-state index contributed by atoms with van der Waals surface area (Å²) >= 11 is 11.6. The van der Waals surface area contributed by atoms with Crippen molar-refractivity contribution < 1.29 is 17.9 Å². The van der Waals surface area contributed by atoms with Gasteiger partial charge in [0, 0.05) is 10.7 Å². The number of rotatable bonds is 5. The number of halogens is 3. The van der Waals surface area contributed by atoms with Gasteiger partial charge >= 0.3 is 0 Å². The molecule has 108 valence electrons. The molecular weight excluding hydrogens is 351 g/mol. The molecule has 1 rings (SSSR count). The number of nitrogens with one attached hydrogen (secondary N) is 1. The first-order chi connectivity index (χ1) is 9.27. The van der Waals surface area contributed by atoms with Crippen molar-refractivity contribution in [1.29, 1.82) is 5.26 Å². The maximum Gasteiger partial charge on any atom is 0.262 e. The summed E-state index contributed by atoms with van der Waals surface area (Å²) in [6, 6.07) is 4.06. The van der Waals surface area contributed by atoms with Crippen LogP contribution in [0.2, 0.25) is 10.0 Å². The van der Waals surface area contributed by atoms with E-state index in [4.69, 9.17) is 43.9 Å². The molecule has 1 aromatic carbocycles.